The van der Waals surface area contributed by atoms with Gasteiger partial charge in [-0.05, 0) is 80.0 Å². The van der Waals surface area contributed by atoms with E-state index in [1.54, 1.807) is 7.11 Å². The molecule has 1 N–H and O–H groups in total. The van der Waals surface area contributed by atoms with Crippen LogP contribution in [0.4, 0.5) is 0 Å². The van der Waals surface area contributed by atoms with Gasteiger partial charge in [-0.3, -0.25) is 4.90 Å². The van der Waals surface area contributed by atoms with Crippen molar-refractivity contribution in [2.24, 2.45) is 11.3 Å². The molecule has 0 bridgehead atoms. The maximum atomic E-state index is 5.30. The van der Waals surface area contributed by atoms with E-state index in [9.17, 15) is 0 Å². The SMILES string of the molecule is COc1ccc(CN2CCC3(CCN(C[C@H]4CNC[C@@H]4c4ccccc4)CC3)C2)cc1. The van der Waals surface area contributed by atoms with E-state index in [1.165, 1.54) is 63.1 Å². The average molecular weight is 420 g/mol. The molecule has 0 amide bonds. The number of piperidine rings is 1. The summed E-state index contributed by atoms with van der Waals surface area (Å²) in [4.78, 5) is 5.43. The first kappa shape index (κ1) is 21.0. The van der Waals surface area contributed by atoms with Gasteiger partial charge in [0.2, 0.25) is 0 Å². The molecule has 4 heteroatoms. The zero-order chi connectivity index (χ0) is 21.1. The summed E-state index contributed by atoms with van der Waals surface area (Å²) in [6.45, 7) is 9.67. The standard InChI is InChI=1S/C27H37N3O/c1-31-25-9-7-22(8-10-25)19-30-16-13-27(21-30)11-14-29(15-12-27)20-24-17-28-18-26(24)23-5-3-2-4-6-23/h2-10,24,26,28H,11-21H2,1H3/t24-,26-/m1/s1. The fourth-order valence-electron chi connectivity index (χ4n) is 6.12. The van der Waals surface area contributed by atoms with Gasteiger partial charge in [-0.1, -0.05) is 42.5 Å². The Balaban J connectivity index is 1.12. The lowest BCUT2D eigenvalue weighted by molar-refractivity contribution is 0.0947. The van der Waals surface area contributed by atoms with Crippen molar-refractivity contribution in [2.45, 2.75) is 31.7 Å². The third kappa shape index (κ3) is 4.82. The van der Waals surface area contributed by atoms with Crippen LogP contribution in [0.5, 0.6) is 5.75 Å². The molecule has 4 nitrogen and oxygen atoms in total. The lowest BCUT2D eigenvalue weighted by Crippen LogP contribution is -2.44. The third-order valence-electron chi connectivity index (χ3n) is 8.06. The molecule has 0 saturated carbocycles. The predicted molar refractivity (Wildman–Crippen MR) is 127 cm³/mol. The fraction of sp³-hybridized carbons (Fsp3) is 0.556. The summed E-state index contributed by atoms with van der Waals surface area (Å²) in [5.41, 5.74) is 3.46. The normalized spacial score (nSPS) is 26.5. The monoisotopic (exact) mass is 419 g/mol. The smallest absolute Gasteiger partial charge is 0.118 e. The molecule has 0 radical (unpaired) electrons. The molecule has 2 aromatic carbocycles. The molecule has 2 aromatic rings. The van der Waals surface area contributed by atoms with E-state index < -0.39 is 0 Å². The first-order valence-electron chi connectivity index (χ1n) is 12.1. The Morgan fingerprint density at radius 2 is 1.61 bits per heavy atom. The zero-order valence-electron chi connectivity index (χ0n) is 18.9. The van der Waals surface area contributed by atoms with Crippen LogP contribution < -0.4 is 10.1 Å². The van der Waals surface area contributed by atoms with Gasteiger partial charge in [0, 0.05) is 32.1 Å². The topological polar surface area (TPSA) is 27.7 Å². The molecule has 0 unspecified atom stereocenters. The van der Waals surface area contributed by atoms with Crippen molar-refractivity contribution in [2.75, 3.05) is 52.9 Å². The summed E-state index contributed by atoms with van der Waals surface area (Å²) in [5, 5.41) is 3.65. The first-order chi connectivity index (χ1) is 15.2. The highest BCUT2D eigenvalue weighted by atomic mass is 16.5. The van der Waals surface area contributed by atoms with Gasteiger partial charge in [-0.15, -0.1) is 0 Å². The second kappa shape index (κ2) is 9.32. The van der Waals surface area contributed by atoms with E-state index >= 15 is 0 Å². The number of hydrogen-bond acceptors (Lipinski definition) is 4. The Morgan fingerprint density at radius 3 is 2.32 bits per heavy atom. The second-order valence-electron chi connectivity index (χ2n) is 10.0. The predicted octanol–water partition coefficient (Wildman–Crippen LogP) is 3.99. The van der Waals surface area contributed by atoms with Crippen molar-refractivity contribution in [1.29, 1.82) is 0 Å². The average Bonchev–Trinajstić information content (AvgIpc) is 3.44. The summed E-state index contributed by atoms with van der Waals surface area (Å²) in [6.07, 6.45) is 4.10. The van der Waals surface area contributed by atoms with Gasteiger partial charge in [-0.2, -0.15) is 0 Å². The Bertz CT molecular complexity index is 829. The fourth-order valence-corrected chi connectivity index (χ4v) is 6.12. The highest BCUT2D eigenvalue weighted by molar-refractivity contribution is 5.27. The van der Waals surface area contributed by atoms with Crippen LogP contribution >= 0.6 is 0 Å². The van der Waals surface area contributed by atoms with Gasteiger partial charge in [0.05, 0.1) is 7.11 Å². The summed E-state index contributed by atoms with van der Waals surface area (Å²) in [5.74, 6) is 2.36. The molecular weight excluding hydrogens is 382 g/mol. The maximum Gasteiger partial charge on any atom is 0.118 e. The maximum absolute atomic E-state index is 5.30. The van der Waals surface area contributed by atoms with E-state index in [2.05, 4.69) is 69.7 Å². The molecule has 5 rings (SSSR count). The van der Waals surface area contributed by atoms with Gasteiger partial charge >= 0.3 is 0 Å². The molecule has 3 saturated heterocycles. The molecule has 0 aliphatic carbocycles. The Kier molecular flexibility index (Phi) is 6.31. The molecule has 3 aliphatic heterocycles. The van der Waals surface area contributed by atoms with Gasteiger partial charge in [0.25, 0.3) is 0 Å². The Morgan fingerprint density at radius 1 is 0.903 bits per heavy atom. The number of likely N-dealkylation sites (tertiary alicyclic amines) is 2. The van der Waals surface area contributed by atoms with Crippen LogP contribution in [-0.4, -0.2) is 62.7 Å². The van der Waals surface area contributed by atoms with Crippen molar-refractivity contribution in [3.63, 3.8) is 0 Å². The molecule has 3 aliphatic rings. The van der Waals surface area contributed by atoms with Crippen LogP contribution in [0.2, 0.25) is 0 Å². The van der Waals surface area contributed by atoms with Crippen LogP contribution in [0, 0.1) is 11.3 Å². The minimum absolute atomic E-state index is 0.551. The number of benzene rings is 2. The van der Waals surface area contributed by atoms with Gasteiger partial charge in [0.15, 0.2) is 0 Å². The Hall–Kier alpha value is -1.88. The van der Waals surface area contributed by atoms with Crippen molar-refractivity contribution in [3.8, 4) is 5.75 Å². The highest BCUT2D eigenvalue weighted by Gasteiger charge is 2.41. The first-order valence-corrected chi connectivity index (χ1v) is 12.1. The van der Waals surface area contributed by atoms with E-state index in [0.717, 1.165) is 31.3 Å². The van der Waals surface area contributed by atoms with Crippen LogP contribution in [-0.2, 0) is 6.54 Å². The van der Waals surface area contributed by atoms with Gasteiger partial charge in [-0.25, -0.2) is 0 Å². The summed E-state index contributed by atoms with van der Waals surface area (Å²) < 4.78 is 5.30. The minimum atomic E-state index is 0.551. The van der Waals surface area contributed by atoms with Crippen molar-refractivity contribution < 1.29 is 4.74 Å². The molecular formula is C27H37N3O. The van der Waals surface area contributed by atoms with E-state index in [-0.39, 0.29) is 0 Å². The molecule has 3 fully saturated rings. The molecule has 31 heavy (non-hydrogen) atoms. The van der Waals surface area contributed by atoms with Gasteiger partial charge in [0.1, 0.15) is 5.75 Å². The molecule has 2 atom stereocenters. The van der Waals surface area contributed by atoms with Crippen molar-refractivity contribution in [1.82, 2.24) is 15.1 Å². The zero-order valence-corrected chi connectivity index (χ0v) is 18.9. The summed E-state index contributed by atoms with van der Waals surface area (Å²) >= 11 is 0. The van der Waals surface area contributed by atoms with Crippen LogP contribution in [0.3, 0.4) is 0 Å². The van der Waals surface area contributed by atoms with Crippen LogP contribution in [0.15, 0.2) is 54.6 Å². The van der Waals surface area contributed by atoms with Crippen molar-refractivity contribution >= 4 is 0 Å². The number of hydrogen-bond donors (Lipinski definition) is 1. The number of methoxy groups -OCH3 is 1. The quantitative estimate of drug-likeness (QED) is 0.766. The van der Waals surface area contributed by atoms with Crippen LogP contribution in [0.25, 0.3) is 0 Å². The number of rotatable bonds is 6. The minimum Gasteiger partial charge on any atom is -0.497 e. The second-order valence-corrected chi connectivity index (χ2v) is 10.0. The lowest BCUT2D eigenvalue weighted by Gasteiger charge is -2.40. The number of nitrogens with zero attached hydrogens (tertiary/aromatic N) is 2. The van der Waals surface area contributed by atoms with Gasteiger partial charge < -0.3 is 15.0 Å². The lowest BCUT2D eigenvalue weighted by atomic mass is 9.77. The summed E-state index contributed by atoms with van der Waals surface area (Å²) in [6, 6.07) is 19.7. The molecule has 3 heterocycles. The largest absolute Gasteiger partial charge is 0.497 e. The van der Waals surface area contributed by atoms with Crippen LogP contribution in [0.1, 0.15) is 36.3 Å². The van der Waals surface area contributed by atoms with E-state index in [0.29, 0.717) is 11.3 Å². The summed E-state index contributed by atoms with van der Waals surface area (Å²) in [7, 11) is 1.73. The highest BCUT2D eigenvalue weighted by Crippen LogP contribution is 2.41. The Labute approximate surface area is 187 Å². The van der Waals surface area contributed by atoms with E-state index in [4.69, 9.17) is 4.74 Å². The number of ether oxygens (including phenoxy) is 1. The van der Waals surface area contributed by atoms with Crippen molar-refractivity contribution in [3.05, 3.63) is 65.7 Å². The third-order valence-corrected chi connectivity index (χ3v) is 8.06. The van der Waals surface area contributed by atoms with E-state index in [1.807, 2.05) is 0 Å². The molecule has 1 spiro atoms. The molecule has 0 aromatic heterocycles. The molecule has 166 valence electrons. The number of nitrogens with one attached hydrogen (secondary N) is 1.